The van der Waals surface area contributed by atoms with Crippen LogP contribution in [0.5, 0.6) is 5.75 Å². The molecule has 0 spiro atoms. The molecule has 140 valence electrons. The molecule has 5 nitrogen and oxygen atoms in total. The molecule has 25 heavy (non-hydrogen) atoms. The third-order valence-corrected chi connectivity index (χ3v) is 5.03. The molecule has 0 aliphatic carbocycles. The Balaban J connectivity index is 1.49. The Bertz CT molecular complexity index is 497. The summed E-state index contributed by atoms with van der Waals surface area (Å²) >= 11 is 0. The van der Waals surface area contributed by atoms with Crippen LogP contribution in [-0.2, 0) is 11.3 Å². The van der Waals surface area contributed by atoms with Gasteiger partial charge in [-0.25, -0.2) is 0 Å². The van der Waals surface area contributed by atoms with E-state index in [0.29, 0.717) is 13.2 Å². The molecule has 1 aromatic rings. The van der Waals surface area contributed by atoms with Crippen LogP contribution in [0.1, 0.15) is 31.2 Å². The highest BCUT2D eigenvalue weighted by Crippen LogP contribution is 2.21. The van der Waals surface area contributed by atoms with Crippen LogP contribution in [0.15, 0.2) is 24.3 Å². The number of para-hydroxylation sites is 1. The Morgan fingerprint density at radius 2 is 1.76 bits per heavy atom. The minimum absolute atomic E-state index is 0.358. The highest BCUT2D eigenvalue weighted by atomic mass is 16.5. The van der Waals surface area contributed by atoms with E-state index < -0.39 is 6.10 Å². The minimum Gasteiger partial charge on any atom is -0.491 e. The van der Waals surface area contributed by atoms with Crippen molar-refractivity contribution < 1.29 is 14.6 Å². The van der Waals surface area contributed by atoms with E-state index >= 15 is 0 Å². The molecule has 2 saturated heterocycles. The van der Waals surface area contributed by atoms with Crippen molar-refractivity contribution in [2.75, 3.05) is 52.5 Å². The monoisotopic (exact) mass is 348 g/mol. The van der Waals surface area contributed by atoms with Gasteiger partial charge in [0.05, 0.1) is 6.61 Å². The number of hydrogen-bond donors (Lipinski definition) is 1. The van der Waals surface area contributed by atoms with E-state index in [1.165, 1.54) is 24.8 Å². The number of aliphatic hydroxyl groups is 1. The van der Waals surface area contributed by atoms with Gasteiger partial charge in [0.25, 0.3) is 0 Å². The predicted molar refractivity (Wildman–Crippen MR) is 98.9 cm³/mol. The fraction of sp³-hybridized carbons (Fsp3) is 0.700. The van der Waals surface area contributed by atoms with Gasteiger partial charge in [0.2, 0.25) is 0 Å². The lowest BCUT2D eigenvalue weighted by Crippen LogP contribution is -2.38. The van der Waals surface area contributed by atoms with Crippen LogP contribution in [0.3, 0.4) is 0 Å². The van der Waals surface area contributed by atoms with Crippen molar-refractivity contribution in [3.05, 3.63) is 29.8 Å². The Morgan fingerprint density at radius 3 is 2.64 bits per heavy atom. The summed E-state index contributed by atoms with van der Waals surface area (Å²) in [6.45, 7) is 7.84. The van der Waals surface area contributed by atoms with Crippen LogP contribution < -0.4 is 4.74 Å². The lowest BCUT2D eigenvalue weighted by Gasteiger charge is -2.28. The summed E-state index contributed by atoms with van der Waals surface area (Å²) in [6.07, 6.45) is 4.46. The number of hydrogen-bond acceptors (Lipinski definition) is 5. The molecular weight excluding hydrogens is 316 g/mol. The molecule has 1 N–H and O–H groups in total. The third kappa shape index (κ3) is 6.26. The van der Waals surface area contributed by atoms with Crippen LogP contribution in [0, 0.1) is 0 Å². The number of ether oxygens (including phenoxy) is 2. The summed E-state index contributed by atoms with van der Waals surface area (Å²) < 4.78 is 11.5. The van der Waals surface area contributed by atoms with Gasteiger partial charge in [0.15, 0.2) is 0 Å². The van der Waals surface area contributed by atoms with E-state index in [9.17, 15) is 5.11 Å². The highest BCUT2D eigenvalue weighted by molar-refractivity contribution is 5.33. The predicted octanol–water partition coefficient (Wildman–Crippen LogP) is 2.13. The maximum absolute atomic E-state index is 10.3. The largest absolute Gasteiger partial charge is 0.491 e. The Labute approximate surface area is 151 Å². The molecule has 2 heterocycles. The van der Waals surface area contributed by atoms with Gasteiger partial charge in [-0.1, -0.05) is 24.6 Å². The van der Waals surface area contributed by atoms with Crippen molar-refractivity contribution >= 4 is 0 Å². The number of piperidine rings is 1. The fourth-order valence-electron chi connectivity index (χ4n) is 3.65. The highest BCUT2D eigenvalue weighted by Gasteiger charge is 2.16. The smallest absolute Gasteiger partial charge is 0.123 e. The number of benzene rings is 1. The third-order valence-electron chi connectivity index (χ3n) is 5.03. The van der Waals surface area contributed by atoms with Crippen LogP contribution in [-0.4, -0.2) is 73.6 Å². The Kier molecular flexibility index (Phi) is 7.55. The molecule has 0 unspecified atom stereocenters. The zero-order chi connectivity index (χ0) is 17.3. The number of rotatable bonds is 7. The fourth-order valence-corrected chi connectivity index (χ4v) is 3.65. The first kappa shape index (κ1) is 18.6. The first-order chi connectivity index (χ1) is 12.3. The van der Waals surface area contributed by atoms with Gasteiger partial charge in [-0.15, -0.1) is 0 Å². The quantitative estimate of drug-likeness (QED) is 0.818. The second-order valence-electron chi connectivity index (χ2n) is 7.18. The molecule has 0 radical (unpaired) electrons. The van der Waals surface area contributed by atoms with Crippen LogP contribution >= 0.6 is 0 Å². The summed E-state index contributed by atoms with van der Waals surface area (Å²) in [7, 11) is 0. The molecule has 0 aromatic heterocycles. The summed E-state index contributed by atoms with van der Waals surface area (Å²) in [6, 6.07) is 8.19. The van der Waals surface area contributed by atoms with E-state index in [2.05, 4.69) is 21.9 Å². The maximum Gasteiger partial charge on any atom is 0.123 e. The summed E-state index contributed by atoms with van der Waals surface area (Å²) in [5.41, 5.74) is 1.19. The van der Waals surface area contributed by atoms with E-state index in [-0.39, 0.29) is 0 Å². The molecule has 1 aromatic carbocycles. The summed E-state index contributed by atoms with van der Waals surface area (Å²) in [5.74, 6) is 0.894. The van der Waals surface area contributed by atoms with Crippen molar-refractivity contribution in [1.82, 2.24) is 9.80 Å². The lowest BCUT2D eigenvalue weighted by molar-refractivity contribution is 0.0611. The summed E-state index contributed by atoms with van der Waals surface area (Å²) in [4.78, 5) is 4.76. The standard InChI is InChI=1S/C20H32N2O3/c23-19(16-21-9-4-1-5-10-21)17-25-20-8-3-2-7-18(20)15-22-11-6-13-24-14-12-22/h2-3,7-8,19,23H,1,4-6,9-17H2/t19-/m0/s1. The molecule has 0 saturated carbocycles. The first-order valence-corrected chi connectivity index (χ1v) is 9.72. The zero-order valence-corrected chi connectivity index (χ0v) is 15.2. The molecule has 2 aliphatic heterocycles. The second kappa shape index (κ2) is 10.1. The Hall–Kier alpha value is -1.14. The molecule has 2 fully saturated rings. The molecule has 5 heteroatoms. The average Bonchev–Trinajstić information content (AvgIpc) is 2.90. The minimum atomic E-state index is -0.433. The van der Waals surface area contributed by atoms with Crippen molar-refractivity contribution in [2.45, 2.75) is 38.3 Å². The van der Waals surface area contributed by atoms with Gasteiger partial charge in [0, 0.05) is 38.3 Å². The molecule has 2 aliphatic rings. The van der Waals surface area contributed by atoms with Crippen LogP contribution in [0.25, 0.3) is 0 Å². The van der Waals surface area contributed by atoms with Gasteiger partial charge in [-0.3, -0.25) is 4.90 Å². The van der Waals surface area contributed by atoms with E-state index in [4.69, 9.17) is 9.47 Å². The summed E-state index contributed by atoms with van der Waals surface area (Å²) in [5, 5.41) is 10.3. The van der Waals surface area contributed by atoms with Gasteiger partial charge in [0.1, 0.15) is 18.5 Å². The normalized spacial score (nSPS) is 21.6. The molecule has 0 bridgehead atoms. The maximum atomic E-state index is 10.3. The zero-order valence-electron chi connectivity index (χ0n) is 15.2. The van der Waals surface area contributed by atoms with Crippen molar-refractivity contribution in [3.8, 4) is 5.75 Å². The number of nitrogens with zero attached hydrogens (tertiary/aromatic N) is 2. The molecule has 1 atom stereocenters. The molecule has 0 amide bonds. The molecular formula is C20H32N2O3. The van der Waals surface area contributed by atoms with Crippen molar-refractivity contribution in [2.24, 2.45) is 0 Å². The van der Waals surface area contributed by atoms with Crippen molar-refractivity contribution in [3.63, 3.8) is 0 Å². The Morgan fingerprint density at radius 1 is 0.960 bits per heavy atom. The van der Waals surface area contributed by atoms with Gasteiger partial charge < -0.3 is 19.5 Å². The number of aliphatic hydroxyl groups excluding tert-OH is 1. The van der Waals surface area contributed by atoms with Gasteiger partial charge in [-0.2, -0.15) is 0 Å². The average molecular weight is 348 g/mol. The van der Waals surface area contributed by atoms with E-state index in [1.54, 1.807) is 0 Å². The first-order valence-electron chi connectivity index (χ1n) is 9.72. The topological polar surface area (TPSA) is 45.2 Å². The lowest BCUT2D eigenvalue weighted by atomic mass is 10.1. The van der Waals surface area contributed by atoms with Crippen molar-refractivity contribution in [1.29, 1.82) is 0 Å². The number of likely N-dealkylation sites (tertiary alicyclic amines) is 1. The molecule has 3 rings (SSSR count). The SMILES string of the molecule is O[C@H](COc1ccccc1CN1CCCOCC1)CN1CCCCC1. The second-order valence-corrected chi connectivity index (χ2v) is 7.18. The van der Waals surface area contributed by atoms with Gasteiger partial charge in [-0.05, 0) is 38.4 Å². The van der Waals surface area contributed by atoms with Gasteiger partial charge >= 0.3 is 0 Å². The van der Waals surface area contributed by atoms with Crippen LogP contribution in [0.4, 0.5) is 0 Å². The van der Waals surface area contributed by atoms with E-state index in [1.807, 2.05) is 12.1 Å². The van der Waals surface area contributed by atoms with Crippen LogP contribution in [0.2, 0.25) is 0 Å². The number of β-amino-alcohol motifs (C(OH)–C–C–N with tert-alkyl or cyclic N) is 1. The van der Waals surface area contributed by atoms with E-state index in [0.717, 1.165) is 58.1 Å².